The lowest BCUT2D eigenvalue weighted by Gasteiger charge is -2.33. The van der Waals surface area contributed by atoms with E-state index in [-0.39, 0.29) is 18.2 Å². The van der Waals surface area contributed by atoms with Gasteiger partial charge in [0.1, 0.15) is 5.82 Å². The Kier molecular flexibility index (Phi) is 5.77. The molecule has 176 valence electrons. The molecule has 34 heavy (non-hydrogen) atoms. The lowest BCUT2D eigenvalue weighted by atomic mass is 9.92. The van der Waals surface area contributed by atoms with Gasteiger partial charge in [0.05, 0.1) is 33.9 Å². The van der Waals surface area contributed by atoms with Gasteiger partial charge in [-0.3, -0.25) is 9.78 Å². The van der Waals surface area contributed by atoms with Crippen LogP contribution in [0.2, 0.25) is 0 Å². The van der Waals surface area contributed by atoms with Crippen LogP contribution >= 0.6 is 15.9 Å². The predicted octanol–water partition coefficient (Wildman–Crippen LogP) is 4.16. The van der Waals surface area contributed by atoms with Crippen LogP contribution in [-0.4, -0.2) is 54.2 Å². The van der Waals surface area contributed by atoms with Gasteiger partial charge in [-0.15, -0.1) is 0 Å². The molecule has 0 saturated carbocycles. The van der Waals surface area contributed by atoms with Crippen LogP contribution in [0, 0.1) is 0 Å². The number of nitrogens with two attached hydrogens (primary N) is 1. The fourth-order valence-electron chi connectivity index (χ4n) is 4.59. The molecule has 4 heterocycles. The number of fused-ring (bicyclic) bond motifs is 2. The quantitative estimate of drug-likeness (QED) is 0.416. The molecule has 0 bridgehead atoms. The van der Waals surface area contributed by atoms with E-state index in [2.05, 4.69) is 32.1 Å². The van der Waals surface area contributed by atoms with Crippen molar-refractivity contribution in [3.05, 3.63) is 52.9 Å². The largest absolute Gasteiger partial charge is 0.390 e. The van der Waals surface area contributed by atoms with Gasteiger partial charge in [-0.05, 0) is 54.8 Å². The number of aliphatic hydroxyl groups is 1. The highest BCUT2D eigenvalue weighted by Gasteiger charge is 2.30. The second kappa shape index (κ2) is 8.63. The summed E-state index contributed by atoms with van der Waals surface area (Å²) in [6.45, 7) is 4.56. The molecule has 5 rings (SSSR count). The molecule has 0 radical (unpaired) electrons. The van der Waals surface area contributed by atoms with E-state index in [0.717, 1.165) is 45.0 Å². The molecule has 1 fully saturated rings. The smallest absolute Gasteiger partial charge is 0.225 e. The minimum absolute atomic E-state index is 0.0187. The van der Waals surface area contributed by atoms with E-state index >= 15 is 0 Å². The van der Waals surface area contributed by atoms with E-state index in [1.165, 1.54) is 0 Å². The van der Waals surface area contributed by atoms with Crippen molar-refractivity contribution in [2.45, 2.75) is 44.6 Å². The van der Waals surface area contributed by atoms with Crippen LogP contribution in [0.4, 0.5) is 5.82 Å². The summed E-state index contributed by atoms with van der Waals surface area (Å²) in [6, 6.07) is 10.1. The van der Waals surface area contributed by atoms with E-state index in [9.17, 15) is 9.90 Å². The Morgan fingerprint density at radius 3 is 2.71 bits per heavy atom. The number of likely N-dealkylation sites (tertiary alicyclic amines) is 1. The van der Waals surface area contributed by atoms with E-state index in [4.69, 9.17) is 10.7 Å². The maximum absolute atomic E-state index is 12.5. The summed E-state index contributed by atoms with van der Waals surface area (Å²) in [5.41, 5.74) is 9.76. The highest BCUT2D eigenvalue weighted by molar-refractivity contribution is 9.10. The van der Waals surface area contributed by atoms with Crippen molar-refractivity contribution in [3.8, 4) is 11.1 Å². The van der Waals surface area contributed by atoms with Crippen molar-refractivity contribution in [3.63, 3.8) is 0 Å². The molecule has 3 aromatic heterocycles. The maximum atomic E-state index is 12.5. The third kappa shape index (κ3) is 4.25. The maximum Gasteiger partial charge on any atom is 0.225 e. The number of nitrogens with zero attached hydrogens (tertiary/aromatic N) is 5. The van der Waals surface area contributed by atoms with Gasteiger partial charge < -0.3 is 15.7 Å². The SMILES string of the molecule is CC(C)(O)CC(=O)N1CCC(c2nc3c(-c4cnc5ccccc5c4)cnn3c(N)c2Br)CC1. The number of nitrogen functional groups attached to an aromatic ring is 1. The molecule has 3 N–H and O–H groups in total. The van der Waals surface area contributed by atoms with Gasteiger partial charge >= 0.3 is 0 Å². The van der Waals surface area contributed by atoms with Crippen molar-refractivity contribution in [2.24, 2.45) is 0 Å². The highest BCUT2D eigenvalue weighted by Crippen LogP contribution is 2.37. The zero-order chi connectivity index (χ0) is 24.0. The van der Waals surface area contributed by atoms with Crippen molar-refractivity contribution >= 4 is 44.2 Å². The van der Waals surface area contributed by atoms with Crippen LogP contribution in [0.15, 0.2) is 47.2 Å². The van der Waals surface area contributed by atoms with Gasteiger partial charge in [0, 0.05) is 41.7 Å². The van der Waals surface area contributed by atoms with Gasteiger partial charge in [0.2, 0.25) is 5.91 Å². The number of aromatic nitrogens is 4. The number of piperidine rings is 1. The third-order valence-electron chi connectivity index (χ3n) is 6.37. The molecule has 0 atom stereocenters. The summed E-state index contributed by atoms with van der Waals surface area (Å²) in [5.74, 6) is 0.640. The first-order chi connectivity index (χ1) is 16.2. The summed E-state index contributed by atoms with van der Waals surface area (Å²) in [5, 5.41) is 15.5. The number of carbonyl (C=O) groups is 1. The number of pyridine rings is 1. The van der Waals surface area contributed by atoms with Gasteiger partial charge in [0.15, 0.2) is 5.65 Å². The molecule has 1 aliphatic rings. The van der Waals surface area contributed by atoms with Gasteiger partial charge in [-0.25, -0.2) is 4.98 Å². The Labute approximate surface area is 205 Å². The average molecular weight is 523 g/mol. The van der Waals surface area contributed by atoms with Crippen LogP contribution < -0.4 is 5.73 Å². The molecule has 1 aliphatic heterocycles. The van der Waals surface area contributed by atoms with Crippen molar-refractivity contribution < 1.29 is 9.90 Å². The Morgan fingerprint density at radius 1 is 1.24 bits per heavy atom. The third-order valence-corrected chi connectivity index (χ3v) is 7.18. The van der Waals surface area contributed by atoms with Crippen molar-refractivity contribution in [1.29, 1.82) is 0 Å². The van der Waals surface area contributed by atoms with Crippen LogP contribution in [0.25, 0.3) is 27.7 Å². The number of halogens is 1. The molecule has 0 unspecified atom stereocenters. The fourth-order valence-corrected chi connectivity index (χ4v) is 5.17. The minimum Gasteiger partial charge on any atom is -0.390 e. The Hall–Kier alpha value is -3.04. The molecule has 1 amide bonds. The van der Waals surface area contributed by atoms with E-state index in [1.54, 1.807) is 24.6 Å². The van der Waals surface area contributed by atoms with Gasteiger partial charge in [-0.2, -0.15) is 9.61 Å². The number of benzene rings is 1. The van der Waals surface area contributed by atoms with E-state index < -0.39 is 5.60 Å². The number of hydrogen-bond acceptors (Lipinski definition) is 6. The number of hydrogen-bond donors (Lipinski definition) is 2. The first kappa shape index (κ1) is 22.7. The zero-order valence-corrected chi connectivity index (χ0v) is 20.8. The molecule has 1 aromatic carbocycles. The summed E-state index contributed by atoms with van der Waals surface area (Å²) in [7, 11) is 0. The fraction of sp³-hybridized carbons (Fsp3) is 0.360. The van der Waals surface area contributed by atoms with E-state index in [1.807, 2.05) is 35.4 Å². The summed E-state index contributed by atoms with van der Waals surface area (Å²) < 4.78 is 2.40. The number of anilines is 1. The van der Waals surface area contributed by atoms with Crippen LogP contribution in [0.1, 0.15) is 44.7 Å². The molecule has 8 nitrogen and oxygen atoms in total. The second-order valence-corrected chi connectivity index (χ2v) is 10.3. The Bertz CT molecular complexity index is 1390. The normalized spacial score (nSPS) is 15.4. The lowest BCUT2D eigenvalue weighted by Crippen LogP contribution is -2.41. The Morgan fingerprint density at radius 2 is 1.97 bits per heavy atom. The summed E-state index contributed by atoms with van der Waals surface area (Å²) in [6.07, 6.45) is 5.29. The molecular weight excluding hydrogens is 496 g/mol. The monoisotopic (exact) mass is 522 g/mol. The molecular formula is C25H27BrN6O2. The summed E-state index contributed by atoms with van der Waals surface area (Å²) >= 11 is 3.64. The van der Waals surface area contributed by atoms with Crippen LogP contribution in [-0.2, 0) is 4.79 Å². The van der Waals surface area contributed by atoms with Crippen molar-refractivity contribution in [1.82, 2.24) is 24.5 Å². The molecule has 9 heteroatoms. The first-order valence-electron chi connectivity index (χ1n) is 11.4. The van der Waals surface area contributed by atoms with Crippen LogP contribution in [0.3, 0.4) is 0 Å². The zero-order valence-electron chi connectivity index (χ0n) is 19.2. The lowest BCUT2D eigenvalue weighted by molar-refractivity contribution is -0.136. The van der Waals surface area contributed by atoms with Gasteiger partial charge in [0.25, 0.3) is 0 Å². The summed E-state index contributed by atoms with van der Waals surface area (Å²) in [4.78, 5) is 23.9. The molecule has 4 aromatic rings. The highest BCUT2D eigenvalue weighted by atomic mass is 79.9. The van der Waals surface area contributed by atoms with Crippen LogP contribution in [0.5, 0.6) is 0 Å². The molecule has 0 spiro atoms. The predicted molar refractivity (Wildman–Crippen MR) is 135 cm³/mol. The number of para-hydroxylation sites is 1. The average Bonchev–Trinajstić information content (AvgIpc) is 3.24. The standard InChI is InChI=1S/C25H27BrN6O2/c1-25(2,34)12-20(33)31-9-7-15(8-10-31)22-21(26)23(27)32-24(30-22)18(14-29-32)17-11-16-5-3-4-6-19(16)28-13-17/h3-6,11,13-15,34H,7-10,12,27H2,1-2H3. The molecule has 1 saturated heterocycles. The second-order valence-electron chi connectivity index (χ2n) is 9.55. The van der Waals surface area contributed by atoms with Crippen molar-refractivity contribution in [2.75, 3.05) is 18.8 Å². The Balaban J connectivity index is 1.46. The first-order valence-corrected chi connectivity index (χ1v) is 12.2. The topological polar surface area (TPSA) is 110 Å². The van der Waals surface area contributed by atoms with Gasteiger partial charge in [-0.1, -0.05) is 18.2 Å². The number of rotatable bonds is 4. The number of carbonyl (C=O) groups excluding carboxylic acids is 1. The number of amides is 1. The molecule has 0 aliphatic carbocycles. The van der Waals surface area contributed by atoms with E-state index in [0.29, 0.717) is 24.6 Å². The minimum atomic E-state index is -1.01.